The van der Waals surface area contributed by atoms with Gasteiger partial charge in [0.1, 0.15) is 5.15 Å². The molecule has 2 aromatic carbocycles. The first kappa shape index (κ1) is 13.9. The van der Waals surface area contributed by atoms with Crippen LogP contribution in [-0.4, -0.2) is 15.1 Å². The quantitative estimate of drug-likeness (QED) is 0.492. The summed E-state index contributed by atoms with van der Waals surface area (Å²) in [5.74, 6) is 0.894. The molecular formula is C18H12ClN3O. The summed E-state index contributed by atoms with van der Waals surface area (Å²) in [5.41, 5.74) is 3.53. The van der Waals surface area contributed by atoms with Crippen LogP contribution in [0, 0.1) is 6.92 Å². The van der Waals surface area contributed by atoms with E-state index in [2.05, 4.69) is 21.2 Å². The highest BCUT2D eigenvalue weighted by molar-refractivity contribution is 6.32. The first-order valence-electron chi connectivity index (χ1n) is 7.17. The fraction of sp³-hybridized carbons (Fsp3) is 0.0556. The molecule has 0 spiro atoms. The van der Waals surface area contributed by atoms with E-state index in [0.29, 0.717) is 22.4 Å². The van der Waals surface area contributed by atoms with Crippen molar-refractivity contribution in [1.82, 2.24) is 15.1 Å². The molecule has 2 aromatic heterocycles. The minimum atomic E-state index is 0.363. The maximum Gasteiger partial charge on any atom is 0.258 e. The molecule has 0 amide bonds. The average Bonchev–Trinajstić information content (AvgIpc) is 3.05. The van der Waals surface area contributed by atoms with Crippen LogP contribution in [0.2, 0.25) is 5.15 Å². The van der Waals surface area contributed by atoms with Crippen LogP contribution in [0.5, 0.6) is 0 Å². The molecule has 0 fully saturated rings. The molecule has 23 heavy (non-hydrogen) atoms. The topological polar surface area (TPSA) is 51.8 Å². The minimum absolute atomic E-state index is 0.363. The third kappa shape index (κ3) is 2.58. The van der Waals surface area contributed by atoms with Crippen molar-refractivity contribution >= 4 is 22.5 Å². The monoisotopic (exact) mass is 321 g/mol. The number of hydrogen-bond acceptors (Lipinski definition) is 4. The highest BCUT2D eigenvalue weighted by Gasteiger charge is 2.15. The summed E-state index contributed by atoms with van der Waals surface area (Å²) in [6.45, 7) is 2.04. The Labute approximate surface area is 137 Å². The van der Waals surface area contributed by atoms with Crippen LogP contribution >= 0.6 is 11.6 Å². The zero-order valence-corrected chi connectivity index (χ0v) is 13.1. The van der Waals surface area contributed by atoms with E-state index in [-0.39, 0.29) is 0 Å². The fourth-order valence-corrected chi connectivity index (χ4v) is 2.69. The van der Waals surface area contributed by atoms with Crippen molar-refractivity contribution in [2.45, 2.75) is 6.92 Å². The van der Waals surface area contributed by atoms with Crippen molar-refractivity contribution < 1.29 is 4.52 Å². The van der Waals surface area contributed by atoms with E-state index in [1.54, 1.807) is 0 Å². The Kier molecular flexibility index (Phi) is 3.32. The lowest BCUT2D eigenvalue weighted by Gasteiger charge is -2.03. The molecule has 4 nitrogen and oxygen atoms in total. The molecule has 0 aliphatic carbocycles. The number of fused-ring (bicyclic) bond motifs is 1. The summed E-state index contributed by atoms with van der Waals surface area (Å²) < 4.78 is 5.35. The number of hydrogen-bond donors (Lipinski definition) is 0. The summed E-state index contributed by atoms with van der Waals surface area (Å²) in [6.07, 6.45) is 0. The van der Waals surface area contributed by atoms with Crippen LogP contribution in [0.25, 0.3) is 33.7 Å². The molecular weight excluding hydrogens is 310 g/mol. The molecule has 0 aliphatic heterocycles. The normalized spacial score (nSPS) is 11.0. The van der Waals surface area contributed by atoms with Gasteiger partial charge in [0.2, 0.25) is 5.82 Å². The number of pyridine rings is 1. The highest BCUT2D eigenvalue weighted by atomic mass is 35.5. The molecule has 0 N–H and O–H groups in total. The predicted molar refractivity (Wildman–Crippen MR) is 90.2 cm³/mol. The number of benzene rings is 2. The van der Waals surface area contributed by atoms with Gasteiger partial charge < -0.3 is 4.52 Å². The molecule has 0 bridgehead atoms. The number of rotatable bonds is 2. The van der Waals surface area contributed by atoms with Crippen LogP contribution < -0.4 is 0 Å². The van der Waals surface area contributed by atoms with Gasteiger partial charge in [-0.05, 0) is 37.3 Å². The van der Waals surface area contributed by atoms with E-state index in [9.17, 15) is 0 Å². The van der Waals surface area contributed by atoms with Crippen LogP contribution in [0.4, 0.5) is 0 Å². The van der Waals surface area contributed by atoms with E-state index in [0.717, 1.165) is 22.0 Å². The van der Waals surface area contributed by atoms with Gasteiger partial charge in [0.05, 0.1) is 11.1 Å². The van der Waals surface area contributed by atoms with E-state index in [1.165, 1.54) is 0 Å². The molecule has 0 unspecified atom stereocenters. The molecule has 5 heteroatoms. The Morgan fingerprint density at radius 3 is 2.61 bits per heavy atom. The third-order valence-corrected chi connectivity index (χ3v) is 3.90. The fourth-order valence-electron chi connectivity index (χ4n) is 2.46. The van der Waals surface area contributed by atoms with Crippen LogP contribution in [0.15, 0.2) is 59.1 Å². The van der Waals surface area contributed by atoms with Gasteiger partial charge in [0.25, 0.3) is 5.89 Å². The van der Waals surface area contributed by atoms with Crippen LogP contribution in [0.3, 0.4) is 0 Å². The second kappa shape index (κ2) is 5.48. The van der Waals surface area contributed by atoms with Crippen LogP contribution in [-0.2, 0) is 0 Å². The number of halogens is 1. The van der Waals surface area contributed by atoms with Crippen molar-refractivity contribution in [3.63, 3.8) is 0 Å². The van der Waals surface area contributed by atoms with Gasteiger partial charge in [-0.2, -0.15) is 4.98 Å². The number of nitrogens with zero attached hydrogens (tertiary/aromatic N) is 3. The molecule has 4 aromatic rings. The van der Waals surface area contributed by atoms with Gasteiger partial charge in [-0.15, -0.1) is 0 Å². The first-order valence-corrected chi connectivity index (χ1v) is 7.55. The second-order valence-electron chi connectivity index (χ2n) is 5.31. The standard InChI is InChI=1S/C18H12ClN3O/c1-11-7-8-15-13(9-11)10-14(16(19)20-15)17-21-18(23-22-17)12-5-3-2-4-6-12/h2-10H,1H3. The molecule has 0 radical (unpaired) electrons. The summed E-state index contributed by atoms with van der Waals surface area (Å²) in [7, 11) is 0. The zero-order valence-electron chi connectivity index (χ0n) is 12.3. The van der Waals surface area contributed by atoms with Gasteiger partial charge >= 0.3 is 0 Å². The molecule has 0 aliphatic rings. The predicted octanol–water partition coefficient (Wildman–Crippen LogP) is 4.91. The SMILES string of the molecule is Cc1ccc2nc(Cl)c(-c3noc(-c4ccccc4)n3)cc2c1. The first-order chi connectivity index (χ1) is 11.2. The smallest absolute Gasteiger partial charge is 0.258 e. The summed E-state index contributed by atoms with van der Waals surface area (Å²) in [4.78, 5) is 8.86. The van der Waals surface area contributed by atoms with Crippen molar-refractivity contribution in [3.05, 3.63) is 65.3 Å². The molecule has 0 saturated carbocycles. The van der Waals surface area contributed by atoms with Crippen molar-refractivity contribution in [2.75, 3.05) is 0 Å². The Balaban J connectivity index is 1.83. The highest BCUT2D eigenvalue weighted by Crippen LogP contribution is 2.30. The summed E-state index contributed by atoms with van der Waals surface area (Å²) in [6, 6.07) is 17.6. The van der Waals surface area contributed by atoms with Crippen molar-refractivity contribution in [2.24, 2.45) is 0 Å². The van der Waals surface area contributed by atoms with E-state index in [1.807, 2.05) is 55.5 Å². The molecule has 0 atom stereocenters. The van der Waals surface area contributed by atoms with E-state index < -0.39 is 0 Å². The van der Waals surface area contributed by atoms with Crippen LogP contribution in [0.1, 0.15) is 5.56 Å². The van der Waals surface area contributed by atoms with Gasteiger partial charge in [-0.3, -0.25) is 0 Å². The Morgan fingerprint density at radius 2 is 1.78 bits per heavy atom. The number of aryl methyl sites for hydroxylation is 1. The Hall–Kier alpha value is -2.72. The molecule has 2 heterocycles. The molecule has 112 valence electrons. The zero-order chi connectivity index (χ0) is 15.8. The maximum absolute atomic E-state index is 6.30. The van der Waals surface area contributed by atoms with Gasteiger partial charge in [0, 0.05) is 10.9 Å². The third-order valence-electron chi connectivity index (χ3n) is 3.61. The number of aromatic nitrogens is 3. The lowest BCUT2D eigenvalue weighted by molar-refractivity contribution is 0.432. The lowest BCUT2D eigenvalue weighted by atomic mass is 10.1. The Bertz CT molecular complexity index is 996. The van der Waals surface area contributed by atoms with Gasteiger partial charge in [0.15, 0.2) is 0 Å². The van der Waals surface area contributed by atoms with Gasteiger partial charge in [-0.25, -0.2) is 4.98 Å². The van der Waals surface area contributed by atoms with Crippen molar-refractivity contribution in [1.29, 1.82) is 0 Å². The lowest BCUT2D eigenvalue weighted by Crippen LogP contribution is -1.88. The van der Waals surface area contributed by atoms with Crippen molar-refractivity contribution in [3.8, 4) is 22.8 Å². The summed E-state index contributed by atoms with van der Waals surface area (Å²) in [5, 5.41) is 5.40. The molecule has 4 rings (SSSR count). The second-order valence-corrected chi connectivity index (χ2v) is 5.67. The minimum Gasteiger partial charge on any atom is -0.334 e. The molecule has 0 saturated heterocycles. The van der Waals surface area contributed by atoms with E-state index >= 15 is 0 Å². The van der Waals surface area contributed by atoms with E-state index in [4.69, 9.17) is 16.1 Å². The Morgan fingerprint density at radius 1 is 0.957 bits per heavy atom. The summed E-state index contributed by atoms with van der Waals surface area (Å²) >= 11 is 6.30. The maximum atomic E-state index is 6.30. The van der Waals surface area contributed by atoms with Gasteiger partial charge in [-0.1, -0.05) is 46.6 Å². The largest absolute Gasteiger partial charge is 0.334 e. The average molecular weight is 322 g/mol.